The Balaban J connectivity index is 0.00000324. The number of hydrogen-bond acceptors (Lipinski definition) is 2. The fourth-order valence-corrected chi connectivity index (χ4v) is 2.22. The standard InChI is InChI=1S/C14H21BrNO2.HI/c1-16(2,3)10-12(14(17)18-4)9-11-5-7-13(15)8-6-11;/h5-8,12H,9-10H2,1-4H3;1H/q+1;/p-1. The lowest BCUT2D eigenvalue weighted by atomic mass is 9.98. The summed E-state index contributed by atoms with van der Waals surface area (Å²) in [6.07, 6.45) is 0.718. The molecule has 1 aromatic carbocycles. The van der Waals surface area contributed by atoms with Crippen molar-refractivity contribution < 1.29 is 38.0 Å². The van der Waals surface area contributed by atoms with Gasteiger partial charge < -0.3 is 33.2 Å². The van der Waals surface area contributed by atoms with E-state index in [1.54, 1.807) is 0 Å². The maximum atomic E-state index is 11.8. The molecule has 0 heterocycles. The SMILES string of the molecule is COC(=O)C(Cc1ccc(Br)cc1)C[N+](C)(C)C.[I-]. The Hall–Kier alpha value is -0.140. The molecule has 0 saturated heterocycles. The zero-order valence-corrected chi connectivity index (χ0v) is 15.6. The monoisotopic (exact) mass is 441 g/mol. The molecule has 0 radical (unpaired) electrons. The second-order valence-electron chi connectivity index (χ2n) is 5.52. The van der Waals surface area contributed by atoms with E-state index in [2.05, 4.69) is 37.1 Å². The minimum absolute atomic E-state index is 0. The van der Waals surface area contributed by atoms with Gasteiger partial charge in [0.2, 0.25) is 0 Å². The van der Waals surface area contributed by atoms with Gasteiger partial charge in [-0.3, -0.25) is 4.79 Å². The van der Waals surface area contributed by atoms with Crippen LogP contribution in [0.4, 0.5) is 0 Å². The van der Waals surface area contributed by atoms with Crippen molar-refractivity contribution in [2.45, 2.75) is 6.42 Å². The van der Waals surface area contributed by atoms with E-state index >= 15 is 0 Å². The van der Waals surface area contributed by atoms with Gasteiger partial charge in [0.15, 0.2) is 0 Å². The van der Waals surface area contributed by atoms with Gasteiger partial charge in [-0.05, 0) is 24.1 Å². The minimum atomic E-state index is -0.133. The number of halogens is 2. The van der Waals surface area contributed by atoms with E-state index in [-0.39, 0.29) is 35.9 Å². The number of ether oxygens (including phenoxy) is 1. The first-order chi connectivity index (χ1) is 8.31. The second-order valence-corrected chi connectivity index (χ2v) is 6.44. The first kappa shape index (κ1) is 18.9. The van der Waals surface area contributed by atoms with Crippen LogP contribution < -0.4 is 24.0 Å². The van der Waals surface area contributed by atoms with Crippen LogP contribution in [0.3, 0.4) is 0 Å². The highest BCUT2D eigenvalue weighted by molar-refractivity contribution is 9.10. The van der Waals surface area contributed by atoms with Crippen LogP contribution in [-0.4, -0.2) is 45.2 Å². The fraction of sp³-hybridized carbons (Fsp3) is 0.500. The molecule has 5 heteroatoms. The molecule has 0 saturated carbocycles. The molecule has 0 spiro atoms. The molecule has 1 unspecified atom stereocenters. The average molecular weight is 442 g/mol. The van der Waals surface area contributed by atoms with Crippen molar-refractivity contribution >= 4 is 21.9 Å². The van der Waals surface area contributed by atoms with Gasteiger partial charge in [-0.25, -0.2) is 0 Å². The van der Waals surface area contributed by atoms with E-state index in [4.69, 9.17) is 4.74 Å². The Morgan fingerprint density at radius 2 is 1.79 bits per heavy atom. The van der Waals surface area contributed by atoms with Crippen LogP contribution in [0, 0.1) is 5.92 Å². The average Bonchev–Trinajstić information content (AvgIpc) is 2.28. The van der Waals surface area contributed by atoms with E-state index in [1.165, 1.54) is 7.11 Å². The maximum absolute atomic E-state index is 11.8. The van der Waals surface area contributed by atoms with Gasteiger partial charge in [-0.2, -0.15) is 0 Å². The normalized spacial score (nSPS) is 12.5. The summed E-state index contributed by atoms with van der Waals surface area (Å²) in [6.45, 7) is 0.767. The quantitative estimate of drug-likeness (QED) is 0.349. The minimum Gasteiger partial charge on any atom is -1.00 e. The molecule has 0 aliphatic carbocycles. The molecule has 108 valence electrons. The van der Waals surface area contributed by atoms with Crippen LogP contribution in [0.25, 0.3) is 0 Å². The lowest BCUT2D eigenvalue weighted by Gasteiger charge is -2.28. The summed E-state index contributed by atoms with van der Waals surface area (Å²) in [5, 5.41) is 0. The molecule has 0 fully saturated rings. The highest BCUT2D eigenvalue weighted by Crippen LogP contribution is 2.16. The Morgan fingerprint density at radius 3 is 2.21 bits per heavy atom. The summed E-state index contributed by atoms with van der Waals surface area (Å²) < 4.78 is 6.69. The molecule has 0 aliphatic heterocycles. The van der Waals surface area contributed by atoms with Gasteiger partial charge in [-0.1, -0.05) is 28.1 Å². The Labute approximate surface area is 141 Å². The van der Waals surface area contributed by atoms with Crippen molar-refractivity contribution in [2.75, 3.05) is 34.8 Å². The highest BCUT2D eigenvalue weighted by Gasteiger charge is 2.26. The second kappa shape index (κ2) is 8.21. The van der Waals surface area contributed by atoms with Crippen molar-refractivity contribution in [3.63, 3.8) is 0 Å². The molecule has 19 heavy (non-hydrogen) atoms. The summed E-state index contributed by atoms with van der Waals surface area (Å²) in [5.41, 5.74) is 1.15. The Kier molecular flexibility index (Phi) is 8.15. The van der Waals surface area contributed by atoms with Gasteiger partial charge >= 0.3 is 5.97 Å². The first-order valence-corrected chi connectivity index (χ1v) is 6.74. The fourth-order valence-electron chi connectivity index (χ4n) is 1.96. The van der Waals surface area contributed by atoms with Crippen LogP contribution in [-0.2, 0) is 16.0 Å². The largest absolute Gasteiger partial charge is 1.00 e. The molecular formula is C14H21BrINO2. The number of esters is 1. The topological polar surface area (TPSA) is 26.3 Å². The summed E-state index contributed by atoms with van der Waals surface area (Å²) in [7, 11) is 7.69. The Morgan fingerprint density at radius 1 is 1.26 bits per heavy atom. The van der Waals surface area contributed by atoms with Crippen LogP contribution in [0.2, 0.25) is 0 Å². The number of hydrogen-bond donors (Lipinski definition) is 0. The van der Waals surface area contributed by atoms with E-state index in [0.717, 1.165) is 27.5 Å². The molecule has 0 aliphatic rings. The smallest absolute Gasteiger partial charge is 0.314 e. The van der Waals surface area contributed by atoms with Crippen molar-refractivity contribution in [3.05, 3.63) is 34.3 Å². The van der Waals surface area contributed by atoms with Crippen LogP contribution in [0.15, 0.2) is 28.7 Å². The number of benzene rings is 1. The molecule has 0 N–H and O–H groups in total. The molecule has 3 nitrogen and oxygen atoms in total. The number of methoxy groups -OCH3 is 1. The van der Waals surface area contributed by atoms with Gasteiger partial charge in [0, 0.05) is 4.47 Å². The van der Waals surface area contributed by atoms with Gasteiger partial charge in [0.1, 0.15) is 5.92 Å². The van der Waals surface area contributed by atoms with Crippen LogP contribution in [0.5, 0.6) is 0 Å². The Bertz CT molecular complexity index is 401. The number of nitrogens with zero attached hydrogens (tertiary/aromatic N) is 1. The summed E-state index contributed by atoms with van der Waals surface area (Å²) in [6, 6.07) is 8.07. The molecule has 0 aromatic heterocycles. The molecule has 1 rings (SSSR count). The maximum Gasteiger partial charge on any atom is 0.314 e. The zero-order valence-electron chi connectivity index (χ0n) is 11.8. The first-order valence-electron chi connectivity index (χ1n) is 5.94. The predicted octanol–water partition coefficient (Wildman–Crippen LogP) is -0.509. The number of carbonyl (C=O) groups is 1. The molecular weight excluding hydrogens is 421 g/mol. The zero-order chi connectivity index (χ0) is 13.8. The highest BCUT2D eigenvalue weighted by atomic mass is 127. The third-order valence-electron chi connectivity index (χ3n) is 2.70. The molecule has 1 aromatic rings. The van der Waals surface area contributed by atoms with E-state index in [0.29, 0.717) is 0 Å². The molecule has 0 amide bonds. The summed E-state index contributed by atoms with van der Waals surface area (Å²) in [5.74, 6) is -0.234. The third-order valence-corrected chi connectivity index (χ3v) is 3.23. The predicted molar refractivity (Wildman–Crippen MR) is 76.3 cm³/mol. The lowest BCUT2D eigenvalue weighted by Crippen LogP contribution is -3.00. The van der Waals surface area contributed by atoms with Crippen molar-refractivity contribution in [1.82, 2.24) is 0 Å². The number of quaternary nitrogens is 1. The number of rotatable bonds is 5. The van der Waals surface area contributed by atoms with E-state index < -0.39 is 0 Å². The van der Waals surface area contributed by atoms with Crippen LogP contribution in [0.1, 0.15) is 5.56 Å². The van der Waals surface area contributed by atoms with Gasteiger partial charge in [0.05, 0.1) is 34.8 Å². The van der Waals surface area contributed by atoms with Crippen molar-refractivity contribution in [1.29, 1.82) is 0 Å². The van der Waals surface area contributed by atoms with Gasteiger partial charge in [-0.15, -0.1) is 0 Å². The number of carbonyl (C=O) groups excluding carboxylic acids is 1. The summed E-state index contributed by atoms with van der Waals surface area (Å²) in [4.78, 5) is 11.8. The van der Waals surface area contributed by atoms with Gasteiger partial charge in [0.25, 0.3) is 0 Å². The van der Waals surface area contributed by atoms with E-state index in [1.807, 2.05) is 24.3 Å². The molecule has 1 atom stereocenters. The lowest BCUT2D eigenvalue weighted by molar-refractivity contribution is -0.872. The van der Waals surface area contributed by atoms with Crippen molar-refractivity contribution in [3.8, 4) is 0 Å². The van der Waals surface area contributed by atoms with Crippen LogP contribution >= 0.6 is 15.9 Å². The third kappa shape index (κ3) is 7.27. The summed E-state index contributed by atoms with van der Waals surface area (Å²) >= 11 is 3.41. The van der Waals surface area contributed by atoms with E-state index in [9.17, 15) is 4.79 Å². The van der Waals surface area contributed by atoms with Crippen molar-refractivity contribution in [2.24, 2.45) is 5.92 Å². The molecule has 0 bridgehead atoms.